The molecule has 0 saturated heterocycles. The molecular formula is C18H27IN4S. The van der Waals surface area contributed by atoms with Crippen molar-refractivity contribution in [3.8, 4) is 0 Å². The number of aliphatic imine (C=N–C) groups is 1. The van der Waals surface area contributed by atoms with Crippen LogP contribution in [-0.2, 0) is 6.54 Å². The van der Waals surface area contributed by atoms with Crippen molar-refractivity contribution in [3.05, 3.63) is 51.5 Å². The molecule has 1 N–H and O–H groups in total. The van der Waals surface area contributed by atoms with Gasteiger partial charge in [-0.25, -0.2) is 4.98 Å². The molecule has 0 radical (unpaired) electrons. The minimum absolute atomic E-state index is 0. The van der Waals surface area contributed by atoms with E-state index < -0.39 is 0 Å². The largest absolute Gasteiger partial charge is 0.356 e. The Morgan fingerprint density at radius 2 is 1.96 bits per heavy atom. The molecule has 0 saturated carbocycles. The molecule has 1 aromatic carbocycles. The van der Waals surface area contributed by atoms with Crippen LogP contribution in [0.25, 0.3) is 0 Å². The zero-order chi connectivity index (χ0) is 16.8. The zero-order valence-corrected chi connectivity index (χ0v) is 18.2. The molecule has 2 rings (SSSR count). The lowest BCUT2D eigenvalue weighted by Gasteiger charge is -2.23. The predicted molar refractivity (Wildman–Crippen MR) is 115 cm³/mol. The lowest BCUT2D eigenvalue weighted by molar-refractivity contribution is 0.468. The quantitative estimate of drug-likeness (QED) is 0.415. The molecule has 1 atom stereocenters. The van der Waals surface area contributed by atoms with Crippen LogP contribution in [0.2, 0.25) is 0 Å². The maximum atomic E-state index is 4.51. The van der Waals surface area contributed by atoms with Gasteiger partial charge in [-0.3, -0.25) is 4.99 Å². The zero-order valence-electron chi connectivity index (χ0n) is 15.0. The van der Waals surface area contributed by atoms with Crippen LogP contribution in [-0.4, -0.2) is 36.5 Å². The highest BCUT2D eigenvalue weighted by atomic mass is 127. The third-order valence-electron chi connectivity index (χ3n) is 3.85. The fraction of sp³-hybridized carbons (Fsp3) is 0.444. The Bertz CT molecular complexity index is 651. The first kappa shape index (κ1) is 20.9. The summed E-state index contributed by atoms with van der Waals surface area (Å²) in [5, 5.41) is 6.67. The van der Waals surface area contributed by atoms with Crippen molar-refractivity contribution < 1.29 is 0 Å². The van der Waals surface area contributed by atoms with Crippen LogP contribution >= 0.6 is 35.3 Å². The molecule has 24 heavy (non-hydrogen) atoms. The highest BCUT2D eigenvalue weighted by Gasteiger charge is 2.11. The van der Waals surface area contributed by atoms with E-state index in [-0.39, 0.29) is 24.0 Å². The van der Waals surface area contributed by atoms with E-state index in [4.69, 9.17) is 0 Å². The summed E-state index contributed by atoms with van der Waals surface area (Å²) >= 11 is 1.68. The number of aromatic nitrogens is 1. The van der Waals surface area contributed by atoms with Gasteiger partial charge >= 0.3 is 0 Å². The van der Waals surface area contributed by atoms with Crippen LogP contribution in [0.4, 0.5) is 0 Å². The monoisotopic (exact) mass is 458 g/mol. The van der Waals surface area contributed by atoms with E-state index >= 15 is 0 Å². The third-order valence-corrected chi connectivity index (χ3v) is 4.67. The first-order chi connectivity index (χ1) is 11.0. The molecule has 0 aliphatic carbocycles. The molecule has 0 spiro atoms. The summed E-state index contributed by atoms with van der Waals surface area (Å²) in [4.78, 5) is 11.0. The number of benzene rings is 1. The maximum absolute atomic E-state index is 4.51. The lowest BCUT2D eigenvalue weighted by Crippen LogP contribution is -2.40. The molecule has 1 unspecified atom stereocenters. The summed E-state index contributed by atoms with van der Waals surface area (Å²) < 4.78 is 0. The van der Waals surface area contributed by atoms with E-state index in [9.17, 15) is 0 Å². The number of thiazole rings is 1. The van der Waals surface area contributed by atoms with Gasteiger partial charge < -0.3 is 10.2 Å². The molecule has 0 aliphatic rings. The number of rotatable bonds is 5. The Hall–Kier alpha value is -1.15. The molecule has 132 valence electrons. The molecule has 0 amide bonds. The van der Waals surface area contributed by atoms with Gasteiger partial charge in [-0.2, -0.15) is 0 Å². The van der Waals surface area contributed by atoms with E-state index in [0.29, 0.717) is 5.92 Å². The van der Waals surface area contributed by atoms with Gasteiger partial charge in [0.2, 0.25) is 0 Å². The van der Waals surface area contributed by atoms with Gasteiger partial charge in [0, 0.05) is 26.0 Å². The predicted octanol–water partition coefficient (Wildman–Crippen LogP) is 4.19. The third kappa shape index (κ3) is 6.05. The van der Waals surface area contributed by atoms with Crippen molar-refractivity contribution in [2.75, 3.05) is 20.6 Å². The molecule has 6 heteroatoms. The standard InChI is InChI=1S/C18H26N4S.HI/c1-13-6-8-16(9-7-13)14(2)10-20-18(19-4)22(5)11-17-12-23-15(3)21-17;/h6-9,12,14H,10-11H2,1-5H3,(H,19,20);1H. The average molecular weight is 458 g/mol. The van der Waals surface area contributed by atoms with Gasteiger partial charge in [0.15, 0.2) is 5.96 Å². The molecule has 0 bridgehead atoms. The number of halogens is 1. The van der Waals surface area contributed by atoms with Gasteiger partial charge in [-0.05, 0) is 25.3 Å². The van der Waals surface area contributed by atoms with Gasteiger partial charge in [0.1, 0.15) is 0 Å². The van der Waals surface area contributed by atoms with Crippen molar-refractivity contribution in [2.24, 2.45) is 4.99 Å². The summed E-state index contributed by atoms with van der Waals surface area (Å²) in [6.45, 7) is 8.00. The summed E-state index contributed by atoms with van der Waals surface area (Å²) in [6.07, 6.45) is 0. The number of nitrogens with zero attached hydrogens (tertiary/aromatic N) is 3. The van der Waals surface area contributed by atoms with Crippen molar-refractivity contribution in [1.29, 1.82) is 0 Å². The highest BCUT2D eigenvalue weighted by molar-refractivity contribution is 14.0. The fourth-order valence-electron chi connectivity index (χ4n) is 2.44. The first-order valence-corrected chi connectivity index (χ1v) is 8.77. The van der Waals surface area contributed by atoms with Gasteiger partial charge in [0.05, 0.1) is 17.2 Å². The first-order valence-electron chi connectivity index (χ1n) is 7.89. The topological polar surface area (TPSA) is 40.5 Å². The SMILES string of the molecule is CN=C(NCC(C)c1ccc(C)cc1)N(C)Cc1csc(C)n1.I. The summed E-state index contributed by atoms with van der Waals surface area (Å²) in [7, 11) is 3.86. The lowest BCUT2D eigenvalue weighted by atomic mass is 10.0. The molecular weight excluding hydrogens is 431 g/mol. The molecule has 2 aromatic rings. The maximum Gasteiger partial charge on any atom is 0.193 e. The van der Waals surface area contributed by atoms with Crippen molar-refractivity contribution in [1.82, 2.24) is 15.2 Å². The van der Waals surface area contributed by atoms with E-state index in [2.05, 4.69) is 63.7 Å². The Balaban J connectivity index is 0.00000288. The Morgan fingerprint density at radius 1 is 1.29 bits per heavy atom. The van der Waals surface area contributed by atoms with Crippen molar-refractivity contribution >= 4 is 41.3 Å². The fourth-order valence-corrected chi connectivity index (χ4v) is 3.04. The van der Waals surface area contributed by atoms with Gasteiger partial charge in [0.25, 0.3) is 0 Å². The molecule has 0 aliphatic heterocycles. The second-order valence-corrected chi connectivity index (χ2v) is 7.02. The second kappa shape index (κ2) is 9.98. The Labute approximate surface area is 166 Å². The molecule has 1 heterocycles. The van der Waals surface area contributed by atoms with Crippen molar-refractivity contribution in [3.63, 3.8) is 0 Å². The van der Waals surface area contributed by atoms with Crippen LogP contribution in [0.5, 0.6) is 0 Å². The molecule has 4 nitrogen and oxygen atoms in total. The normalized spacial score (nSPS) is 12.5. The number of hydrogen-bond donors (Lipinski definition) is 1. The number of nitrogens with one attached hydrogen (secondary N) is 1. The minimum atomic E-state index is 0. The minimum Gasteiger partial charge on any atom is -0.356 e. The van der Waals surface area contributed by atoms with Crippen LogP contribution < -0.4 is 5.32 Å². The van der Waals surface area contributed by atoms with E-state index in [1.54, 1.807) is 11.3 Å². The average Bonchev–Trinajstić information content (AvgIpc) is 2.93. The van der Waals surface area contributed by atoms with Crippen LogP contribution in [0, 0.1) is 13.8 Å². The molecule has 1 aromatic heterocycles. The number of hydrogen-bond acceptors (Lipinski definition) is 3. The van der Waals surface area contributed by atoms with Crippen molar-refractivity contribution in [2.45, 2.75) is 33.2 Å². The van der Waals surface area contributed by atoms with Crippen LogP contribution in [0.1, 0.15) is 34.7 Å². The van der Waals surface area contributed by atoms with E-state index in [1.807, 2.05) is 21.0 Å². The second-order valence-electron chi connectivity index (χ2n) is 5.95. The van der Waals surface area contributed by atoms with Crippen LogP contribution in [0.15, 0.2) is 34.6 Å². The summed E-state index contributed by atoms with van der Waals surface area (Å²) in [5.41, 5.74) is 3.73. The summed E-state index contributed by atoms with van der Waals surface area (Å²) in [5.74, 6) is 1.33. The van der Waals surface area contributed by atoms with Gasteiger partial charge in [-0.15, -0.1) is 35.3 Å². The summed E-state index contributed by atoms with van der Waals surface area (Å²) in [6, 6.07) is 8.73. The van der Waals surface area contributed by atoms with Crippen LogP contribution in [0.3, 0.4) is 0 Å². The van der Waals surface area contributed by atoms with E-state index in [0.717, 1.165) is 29.8 Å². The Morgan fingerprint density at radius 3 is 2.50 bits per heavy atom. The Kier molecular flexibility index (Phi) is 8.69. The smallest absolute Gasteiger partial charge is 0.193 e. The van der Waals surface area contributed by atoms with Gasteiger partial charge in [-0.1, -0.05) is 36.8 Å². The molecule has 0 fully saturated rings. The highest BCUT2D eigenvalue weighted by Crippen LogP contribution is 2.15. The number of guanidine groups is 1. The van der Waals surface area contributed by atoms with E-state index in [1.165, 1.54) is 11.1 Å². The number of aryl methyl sites for hydroxylation is 2.